The van der Waals surface area contributed by atoms with Gasteiger partial charge in [0, 0.05) is 14.5 Å². The summed E-state index contributed by atoms with van der Waals surface area (Å²) in [6.45, 7) is 6.19. The molecule has 5 heteroatoms. The molecule has 1 aromatic heterocycles. The Labute approximate surface area is 148 Å². The Kier molecular flexibility index (Phi) is 4.01. The highest BCUT2D eigenvalue weighted by Crippen LogP contribution is 2.36. The molecule has 0 unspecified atom stereocenters. The van der Waals surface area contributed by atoms with E-state index in [1.54, 1.807) is 0 Å². The van der Waals surface area contributed by atoms with Crippen molar-refractivity contribution in [3.63, 3.8) is 0 Å². The molecule has 0 saturated carbocycles. The van der Waals surface area contributed by atoms with Crippen molar-refractivity contribution in [3.05, 3.63) is 48.3 Å². The molecule has 0 saturated heterocycles. The summed E-state index contributed by atoms with van der Waals surface area (Å²) in [5.74, 6) is 0.622. The van der Waals surface area contributed by atoms with Gasteiger partial charge in [0.2, 0.25) is 5.89 Å². The van der Waals surface area contributed by atoms with Gasteiger partial charge in [0.25, 0.3) is 0 Å². The number of rotatable bonds is 1. The molecule has 0 bridgehead atoms. The topological polar surface area (TPSA) is 26.0 Å². The standard InChI is InChI=1S/C16H12Br3NO/c1-7-4-13-15(14(19)8(7)2)21-16(20-13)10-5-11(17)9(3)12(18)6-10/h4-6H,1-3H3. The molecule has 0 amide bonds. The first kappa shape index (κ1) is 15.3. The molecule has 21 heavy (non-hydrogen) atoms. The Morgan fingerprint density at radius 2 is 1.52 bits per heavy atom. The first-order valence-electron chi connectivity index (χ1n) is 6.40. The van der Waals surface area contributed by atoms with E-state index < -0.39 is 0 Å². The van der Waals surface area contributed by atoms with Crippen LogP contribution in [-0.2, 0) is 0 Å². The molecule has 0 aliphatic rings. The Bertz CT molecular complexity index is 845. The molecule has 0 aliphatic heterocycles. The monoisotopic (exact) mass is 471 g/mol. The smallest absolute Gasteiger partial charge is 0.227 e. The van der Waals surface area contributed by atoms with E-state index in [1.807, 2.05) is 19.1 Å². The molecule has 0 spiro atoms. The van der Waals surface area contributed by atoms with Crippen LogP contribution in [-0.4, -0.2) is 4.98 Å². The van der Waals surface area contributed by atoms with Gasteiger partial charge in [0.1, 0.15) is 5.52 Å². The van der Waals surface area contributed by atoms with Gasteiger partial charge in [-0.05, 0) is 71.6 Å². The van der Waals surface area contributed by atoms with Gasteiger partial charge in [0.15, 0.2) is 5.58 Å². The van der Waals surface area contributed by atoms with E-state index in [4.69, 9.17) is 4.42 Å². The average molecular weight is 474 g/mol. The summed E-state index contributed by atoms with van der Waals surface area (Å²) in [6, 6.07) is 6.11. The number of halogens is 3. The lowest BCUT2D eigenvalue weighted by Crippen LogP contribution is -1.84. The molecule has 0 atom stereocenters. The van der Waals surface area contributed by atoms with E-state index in [-0.39, 0.29) is 0 Å². The minimum atomic E-state index is 0.622. The molecular formula is C16H12Br3NO. The van der Waals surface area contributed by atoms with Gasteiger partial charge in [-0.15, -0.1) is 0 Å². The van der Waals surface area contributed by atoms with Crippen LogP contribution >= 0.6 is 47.8 Å². The van der Waals surface area contributed by atoms with Crippen molar-refractivity contribution in [1.82, 2.24) is 4.98 Å². The van der Waals surface area contributed by atoms with Crippen molar-refractivity contribution in [3.8, 4) is 11.5 Å². The molecule has 3 rings (SSSR count). The van der Waals surface area contributed by atoms with Gasteiger partial charge in [-0.1, -0.05) is 31.9 Å². The number of fused-ring (bicyclic) bond motifs is 1. The quantitative estimate of drug-likeness (QED) is 0.392. The molecule has 0 radical (unpaired) electrons. The lowest BCUT2D eigenvalue weighted by molar-refractivity contribution is 0.617. The van der Waals surface area contributed by atoms with Crippen LogP contribution in [0.2, 0.25) is 0 Å². The third-order valence-electron chi connectivity index (χ3n) is 3.65. The van der Waals surface area contributed by atoms with Crippen LogP contribution in [0.5, 0.6) is 0 Å². The van der Waals surface area contributed by atoms with Crippen LogP contribution < -0.4 is 0 Å². The van der Waals surface area contributed by atoms with Crippen molar-refractivity contribution in [2.45, 2.75) is 20.8 Å². The van der Waals surface area contributed by atoms with Crippen LogP contribution in [0.3, 0.4) is 0 Å². The zero-order valence-electron chi connectivity index (χ0n) is 11.7. The average Bonchev–Trinajstić information content (AvgIpc) is 2.85. The van der Waals surface area contributed by atoms with Gasteiger partial charge >= 0.3 is 0 Å². The van der Waals surface area contributed by atoms with E-state index in [9.17, 15) is 0 Å². The first-order chi connectivity index (χ1) is 9.88. The van der Waals surface area contributed by atoms with Crippen molar-refractivity contribution in [2.75, 3.05) is 0 Å². The molecule has 0 fully saturated rings. The highest BCUT2D eigenvalue weighted by Gasteiger charge is 2.15. The van der Waals surface area contributed by atoms with Gasteiger partial charge in [-0.2, -0.15) is 0 Å². The number of aryl methyl sites for hydroxylation is 1. The zero-order valence-corrected chi connectivity index (χ0v) is 16.5. The number of hydrogen-bond acceptors (Lipinski definition) is 2. The Balaban J connectivity index is 2.25. The fraction of sp³-hybridized carbons (Fsp3) is 0.188. The second-order valence-corrected chi connectivity index (χ2v) is 7.57. The van der Waals surface area contributed by atoms with E-state index >= 15 is 0 Å². The number of hydrogen-bond donors (Lipinski definition) is 0. The molecule has 2 aromatic carbocycles. The minimum Gasteiger partial charge on any atom is -0.435 e. The number of aromatic nitrogens is 1. The van der Waals surface area contributed by atoms with E-state index in [2.05, 4.69) is 72.7 Å². The Morgan fingerprint density at radius 3 is 2.14 bits per heavy atom. The molecule has 3 aromatic rings. The molecule has 1 heterocycles. The number of nitrogens with zero attached hydrogens (tertiary/aromatic N) is 1. The van der Waals surface area contributed by atoms with Crippen LogP contribution in [0.25, 0.3) is 22.6 Å². The third-order valence-corrected chi connectivity index (χ3v) is 6.26. The summed E-state index contributed by atoms with van der Waals surface area (Å²) >= 11 is 10.7. The SMILES string of the molecule is Cc1cc2nc(-c3cc(Br)c(C)c(Br)c3)oc2c(Br)c1C. The van der Waals surface area contributed by atoms with Crippen LogP contribution in [0.1, 0.15) is 16.7 Å². The predicted octanol–water partition coefficient (Wildman–Crippen LogP) is 6.71. The summed E-state index contributed by atoms with van der Waals surface area (Å²) in [4.78, 5) is 4.62. The maximum atomic E-state index is 5.97. The Hall–Kier alpha value is -0.650. The second-order valence-electron chi connectivity index (χ2n) is 5.06. The zero-order chi connectivity index (χ0) is 15.3. The molecule has 2 nitrogen and oxygen atoms in total. The first-order valence-corrected chi connectivity index (χ1v) is 8.78. The van der Waals surface area contributed by atoms with Crippen LogP contribution in [0.15, 0.2) is 36.0 Å². The summed E-state index contributed by atoms with van der Waals surface area (Å²) in [6.07, 6.45) is 0. The normalized spacial score (nSPS) is 11.3. The van der Waals surface area contributed by atoms with Crippen LogP contribution in [0.4, 0.5) is 0 Å². The fourth-order valence-corrected chi connectivity index (χ4v) is 3.92. The van der Waals surface area contributed by atoms with Crippen LogP contribution in [0, 0.1) is 20.8 Å². The van der Waals surface area contributed by atoms with Crippen molar-refractivity contribution in [2.24, 2.45) is 0 Å². The maximum Gasteiger partial charge on any atom is 0.227 e. The highest BCUT2D eigenvalue weighted by molar-refractivity contribution is 9.11. The summed E-state index contributed by atoms with van der Waals surface area (Å²) in [7, 11) is 0. The summed E-state index contributed by atoms with van der Waals surface area (Å²) in [5.41, 5.74) is 6.13. The second kappa shape index (κ2) is 5.52. The van der Waals surface area contributed by atoms with E-state index in [0.717, 1.165) is 35.6 Å². The molecular weight excluding hydrogens is 462 g/mol. The lowest BCUT2D eigenvalue weighted by Gasteiger charge is -2.04. The largest absolute Gasteiger partial charge is 0.435 e. The highest BCUT2D eigenvalue weighted by atomic mass is 79.9. The summed E-state index contributed by atoms with van der Waals surface area (Å²) < 4.78 is 9.00. The minimum absolute atomic E-state index is 0.622. The summed E-state index contributed by atoms with van der Waals surface area (Å²) in [5, 5.41) is 0. The maximum absolute atomic E-state index is 5.97. The Morgan fingerprint density at radius 1 is 0.905 bits per heavy atom. The predicted molar refractivity (Wildman–Crippen MR) is 96.8 cm³/mol. The van der Waals surface area contributed by atoms with Crippen molar-refractivity contribution < 1.29 is 4.42 Å². The van der Waals surface area contributed by atoms with Gasteiger partial charge in [0.05, 0.1) is 4.47 Å². The lowest BCUT2D eigenvalue weighted by atomic mass is 10.1. The molecule has 0 aliphatic carbocycles. The van der Waals surface area contributed by atoms with Gasteiger partial charge in [-0.25, -0.2) is 4.98 Å². The van der Waals surface area contributed by atoms with Gasteiger partial charge < -0.3 is 4.42 Å². The van der Waals surface area contributed by atoms with E-state index in [0.29, 0.717) is 5.89 Å². The molecule has 108 valence electrons. The third kappa shape index (κ3) is 2.60. The van der Waals surface area contributed by atoms with Crippen molar-refractivity contribution in [1.29, 1.82) is 0 Å². The molecule has 0 N–H and O–H groups in total. The van der Waals surface area contributed by atoms with Crippen molar-refractivity contribution >= 4 is 58.9 Å². The number of benzene rings is 2. The number of oxazole rings is 1. The van der Waals surface area contributed by atoms with Gasteiger partial charge in [-0.3, -0.25) is 0 Å². The fourth-order valence-electron chi connectivity index (χ4n) is 2.14. The van der Waals surface area contributed by atoms with E-state index in [1.165, 1.54) is 11.1 Å².